The highest BCUT2D eigenvalue weighted by atomic mass is 16.5. The Hall–Kier alpha value is -4.38. The van der Waals surface area contributed by atoms with Gasteiger partial charge in [-0.15, -0.1) is 0 Å². The van der Waals surface area contributed by atoms with E-state index in [0.29, 0.717) is 22.7 Å². The average Bonchev–Trinajstić information content (AvgIpc) is 3.16. The van der Waals surface area contributed by atoms with Crippen LogP contribution in [-0.4, -0.2) is 25.9 Å². The number of hydrogen-bond donors (Lipinski definition) is 0. The highest BCUT2D eigenvalue weighted by molar-refractivity contribution is 6.52. The van der Waals surface area contributed by atoms with Crippen molar-refractivity contribution in [1.29, 1.82) is 0 Å². The lowest BCUT2D eigenvalue weighted by atomic mass is 9.75. The molecule has 5 rings (SSSR count). The maximum absolute atomic E-state index is 13.7. The van der Waals surface area contributed by atoms with Crippen molar-refractivity contribution >= 4 is 17.4 Å². The van der Waals surface area contributed by atoms with Gasteiger partial charge in [0.2, 0.25) is 0 Å². The smallest absolute Gasteiger partial charge is 0.300 e. The SMILES string of the molecule is COc1ccc(C(c2ccccc2)(c2ccc(OC)cc2)N2C(=O)C(=O)c3ccccc32)cc1. The molecular weight excluding hydrogens is 426 g/mol. The van der Waals surface area contributed by atoms with Crippen LogP contribution in [0.2, 0.25) is 0 Å². The van der Waals surface area contributed by atoms with Crippen LogP contribution >= 0.6 is 0 Å². The molecule has 1 aliphatic rings. The van der Waals surface area contributed by atoms with Gasteiger partial charge in [0.1, 0.15) is 17.0 Å². The summed E-state index contributed by atoms with van der Waals surface area (Å²) in [5, 5.41) is 0. The molecule has 34 heavy (non-hydrogen) atoms. The summed E-state index contributed by atoms with van der Waals surface area (Å²) in [6.07, 6.45) is 0. The van der Waals surface area contributed by atoms with Crippen LogP contribution in [0.25, 0.3) is 0 Å². The van der Waals surface area contributed by atoms with Crippen molar-refractivity contribution in [1.82, 2.24) is 0 Å². The van der Waals surface area contributed by atoms with E-state index in [1.165, 1.54) is 0 Å². The molecule has 0 N–H and O–H groups in total. The van der Waals surface area contributed by atoms with E-state index in [2.05, 4.69) is 0 Å². The van der Waals surface area contributed by atoms with Crippen LogP contribution in [0.1, 0.15) is 27.0 Å². The zero-order valence-corrected chi connectivity index (χ0v) is 18.9. The first-order chi connectivity index (χ1) is 16.6. The molecule has 4 aromatic carbocycles. The highest BCUT2D eigenvalue weighted by Gasteiger charge is 2.51. The van der Waals surface area contributed by atoms with E-state index in [-0.39, 0.29) is 0 Å². The van der Waals surface area contributed by atoms with Crippen molar-refractivity contribution in [3.05, 3.63) is 125 Å². The number of anilines is 1. The first kappa shape index (κ1) is 21.5. The molecule has 5 heteroatoms. The van der Waals surface area contributed by atoms with E-state index >= 15 is 0 Å². The number of methoxy groups -OCH3 is 2. The van der Waals surface area contributed by atoms with Gasteiger partial charge in [0.15, 0.2) is 0 Å². The Kier molecular flexibility index (Phi) is 5.38. The van der Waals surface area contributed by atoms with E-state index in [1.807, 2.05) is 91.0 Å². The fourth-order valence-corrected chi connectivity index (χ4v) is 4.75. The van der Waals surface area contributed by atoms with Gasteiger partial charge >= 0.3 is 5.91 Å². The molecule has 0 spiro atoms. The third-order valence-electron chi connectivity index (χ3n) is 6.33. The van der Waals surface area contributed by atoms with E-state index < -0.39 is 17.2 Å². The number of fused-ring (bicyclic) bond motifs is 1. The van der Waals surface area contributed by atoms with Gasteiger partial charge in [-0.25, -0.2) is 0 Å². The molecular formula is C29H23NO4. The Balaban J connectivity index is 1.90. The molecule has 1 amide bonds. The summed E-state index contributed by atoms with van der Waals surface area (Å²) in [4.78, 5) is 28.4. The topological polar surface area (TPSA) is 55.8 Å². The minimum absolute atomic E-state index is 0.398. The van der Waals surface area contributed by atoms with Crippen LogP contribution in [0.15, 0.2) is 103 Å². The summed E-state index contributed by atoms with van der Waals surface area (Å²) in [5.74, 6) is 0.309. The molecule has 0 aliphatic carbocycles. The number of Topliss-reactive ketones (excluding diaryl/α,β-unsaturated/α-hetero) is 1. The Morgan fingerprint density at radius 1 is 0.588 bits per heavy atom. The summed E-state index contributed by atoms with van der Waals surface area (Å²) in [6, 6.07) is 32.1. The third kappa shape index (κ3) is 3.17. The van der Waals surface area contributed by atoms with Crippen LogP contribution in [0.3, 0.4) is 0 Å². The second-order valence-corrected chi connectivity index (χ2v) is 8.02. The van der Waals surface area contributed by atoms with Gasteiger partial charge in [0.05, 0.1) is 25.5 Å². The van der Waals surface area contributed by atoms with Crippen molar-refractivity contribution in [2.75, 3.05) is 19.1 Å². The standard InChI is InChI=1S/C29H23NO4/c1-33-23-16-12-21(13-17-23)29(20-8-4-3-5-9-20,22-14-18-24(34-2)19-15-22)30-26-11-7-6-10-25(26)27(31)28(30)32/h3-19H,1-2H3. The molecule has 0 atom stereocenters. The molecule has 4 aromatic rings. The number of carbonyl (C=O) groups excluding carboxylic acids is 2. The van der Waals surface area contributed by atoms with Crippen molar-refractivity contribution in [3.8, 4) is 11.5 Å². The number of rotatable bonds is 6. The summed E-state index contributed by atoms with van der Waals surface area (Å²) in [6.45, 7) is 0. The Labute approximate surface area is 198 Å². The van der Waals surface area contributed by atoms with Gasteiger partial charge in [-0.2, -0.15) is 0 Å². The zero-order valence-electron chi connectivity index (χ0n) is 18.9. The van der Waals surface area contributed by atoms with Crippen molar-refractivity contribution in [2.24, 2.45) is 0 Å². The first-order valence-corrected chi connectivity index (χ1v) is 10.9. The van der Waals surface area contributed by atoms with Gasteiger partial charge in [0, 0.05) is 0 Å². The lowest BCUT2D eigenvalue weighted by Gasteiger charge is -2.43. The Morgan fingerprint density at radius 3 is 1.59 bits per heavy atom. The molecule has 0 fully saturated rings. The molecule has 0 saturated carbocycles. The number of ether oxygens (including phenoxy) is 2. The predicted octanol–water partition coefficient (Wildman–Crippen LogP) is 5.23. The Bertz CT molecular complexity index is 1300. The van der Waals surface area contributed by atoms with E-state index in [1.54, 1.807) is 31.3 Å². The van der Waals surface area contributed by atoms with E-state index in [0.717, 1.165) is 16.7 Å². The number of nitrogens with zero attached hydrogens (tertiary/aromatic N) is 1. The van der Waals surface area contributed by atoms with Gasteiger partial charge in [-0.05, 0) is 53.1 Å². The third-order valence-corrected chi connectivity index (χ3v) is 6.33. The largest absolute Gasteiger partial charge is 0.497 e. The zero-order chi connectivity index (χ0) is 23.7. The van der Waals surface area contributed by atoms with Gasteiger partial charge in [-0.1, -0.05) is 66.7 Å². The summed E-state index contributed by atoms with van der Waals surface area (Å²) < 4.78 is 10.8. The molecule has 0 bridgehead atoms. The molecule has 5 nitrogen and oxygen atoms in total. The van der Waals surface area contributed by atoms with Crippen molar-refractivity contribution < 1.29 is 19.1 Å². The minimum atomic E-state index is -1.11. The van der Waals surface area contributed by atoms with Crippen molar-refractivity contribution in [2.45, 2.75) is 5.54 Å². The van der Waals surface area contributed by atoms with Gasteiger partial charge < -0.3 is 9.47 Å². The highest BCUT2D eigenvalue weighted by Crippen LogP contribution is 2.48. The van der Waals surface area contributed by atoms with Crippen molar-refractivity contribution in [3.63, 3.8) is 0 Å². The van der Waals surface area contributed by atoms with Crippen LogP contribution in [0.5, 0.6) is 11.5 Å². The fraction of sp³-hybridized carbons (Fsp3) is 0.103. The molecule has 0 saturated heterocycles. The summed E-state index contributed by atoms with van der Waals surface area (Å²) in [7, 11) is 3.23. The van der Waals surface area contributed by atoms with Gasteiger partial charge in [0.25, 0.3) is 5.78 Å². The number of amides is 1. The maximum atomic E-state index is 13.7. The van der Waals surface area contributed by atoms with E-state index in [4.69, 9.17) is 9.47 Å². The quantitative estimate of drug-likeness (QED) is 0.299. The number of carbonyl (C=O) groups is 2. The minimum Gasteiger partial charge on any atom is -0.497 e. The van der Waals surface area contributed by atoms with E-state index in [9.17, 15) is 9.59 Å². The number of ketones is 1. The average molecular weight is 450 g/mol. The molecule has 1 heterocycles. The van der Waals surface area contributed by atoms with Crippen LogP contribution in [0, 0.1) is 0 Å². The normalized spacial score (nSPS) is 13.1. The molecule has 0 radical (unpaired) electrons. The number of para-hydroxylation sites is 1. The van der Waals surface area contributed by atoms with Crippen LogP contribution in [-0.2, 0) is 10.3 Å². The lowest BCUT2D eigenvalue weighted by Crippen LogP contribution is -2.51. The monoisotopic (exact) mass is 449 g/mol. The number of benzene rings is 4. The molecule has 0 unspecified atom stereocenters. The van der Waals surface area contributed by atoms with Gasteiger partial charge in [-0.3, -0.25) is 14.5 Å². The second-order valence-electron chi connectivity index (χ2n) is 8.02. The lowest BCUT2D eigenvalue weighted by molar-refractivity contribution is -0.115. The first-order valence-electron chi connectivity index (χ1n) is 10.9. The maximum Gasteiger partial charge on any atom is 0.300 e. The molecule has 0 aromatic heterocycles. The summed E-state index contributed by atoms with van der Waals surface area (Å²) in [5.41, 5.74) is 2.36. The second kappa shape index (κ2) is 8.52. The van der Waals surface area contributed by atoms with Crippen LogP contribution in [0.4, 0.5) is 5.69 Å². The number of hydrogen-bond acceptors (Lipinski definition) is 4. The Morgan fingerprint density at radius 2 is 1.06 bits per heavy atom. The molecule has 1 aliphatic heterocycles. The predicted molar refractivity (Wildman–Crippen MR) is 131 cm³/mol. The fourth-order valence-electron chi connectivity index (χ4n) is 4.75. The molecule has 168 valence electrons. The van der Waals surface area contributed by atoms with Crippen LogP contribution < -0.4 is 14.4 Å². The summed E-state index contributed by atoms with van der Waals surface area (Å²) >= 11 is 0.